The van der Waals surface area contributed by atoms with Crippen LogP contribution >= 0.6 is 23.2 Å². The average Bonchev–Trinajstić information content (AvgIpc) is 3.14. The van der Waals surface area contributed by atoms with Crippen LogP contribution in [0.2, 0.25) is 10.0 Å². The highest BCUT2D eigenvalue weighted by Gasteiger charge is 2.46. The highest BCUT2D eigenvalue weighted by molar-refractivity contribution is 6.35. The van der Waals surface area contributed by atoms with Crippen molar-refractivity contribution in [3.63, 3.8) is 0 Å². The van der Waals surface area contributed by atoms with Gasteiger partial charge in [0.15, 0.2) is 0 Å². The minimum Gasteiger partial charge on any atom is -0.433 e. The molecule has 6 nitrogen and oxygen atoms in total. The zero-order chi connectivity index (χ0) is 19.1. The quantitative estimate of drug-likeness (QED) is 0.789. The second-order valence-electron chi connectivity index (χ2n) is 6.35. The fraction of sp³-hybridized carbons (Fsp3) is 0.211. The first-order valence-electron chi connectivity index (χ1n) is 8.32. The largest absolute Gasteiger partial charge is 0.433 e. The lowest BCUT2D eigenvalue weighted by atomic mass is 10.1. The first kappa shape index (κ1) is 17.8. The Morgan fingerprint density at radius 1 is 1.11 bits per heavy atom. The topological polar surface area (TPSA) is 75.7 Å². The molecular weight excluding hydrogens is 391 g/mol. The summed E-state index contributed by atoms with van der Waals surface area (Å²) in [4.78, 5) is 38.7. The van der Waals surface area contributed by atoms with Crippen LogP contribution in [0.5, 0.6) is 0 Å². The first-order valence-corrected chi connectivity index (χ1v) is 9.07. The summed E-state index contributed by atoms with van der Waals surface area (Å²) in [5.74, 6) is -1.13. The third kappa shape index (κ3) is 3.26. The number of carbonyl (C=O) groups excluding carboxylic acids is 3. The van der Waals surface area contributed by atoms with Gasteiger partial charge in [-0.1, -0.05) is 41.4 Å². The van der Waals surface area contributed by atoms with Gasteiger partial charge in [0.2, 0.25) is 18.0 Å². The Morgan fingerprint density at radius 2 is 1.81 bits per heavy atom. The molecule has 0 spiro atoms. The highest BCUT2D eigenvalue weighted by atomic mass is 35.5. The third-order valence-corrected chi connectivity index (χ3v) is 5.04. The summed E-state index contributed by atoms with van der Waals surface area (Å²) in [6.07, 6.45) is -0.373. The van der Waals surface area contributed by atoms with Crippen LogP contribution in [0.1, 0.15) is 35.0 Å². The number of ether oxygens (including phenoxy) is 1. The Kier molecular flexibility index (Phi) is 4.53. The van der Waals surface area contributed by atoms with Crippen LogP contribution in [-0.2, 0) is 14.3 Å². The number of halogens is 2. The molecule has 1 fully saturated rings. The average molecular weight is 405 g/mol. The van der Waals surface area contributed by atoms with Crippen molar-refractivity contribution in [1.82, 2.24) is 4.90 Å². The summed E-state index contributed by atoms with van der Waals surface area (Å²) in [6, 6.07) is 10.8. The first-order chi connectivity index (χ1) is 12.9. The molecule has 2 aromatic rings. The molecule has 0 unspecified atom stereocenters. The molecule has 2 heterocycles. The molecule has 2 amide bonds. The summed E-state index contributed by atoms with van der Waals surface area (Å²) in [5.41, 5.74) is 1.42. The molecule has 2 aliphatic heterocycles. The molecule has 138 valence electrons. The molecule has 1 saturated heterocycles. The Balaban J connectivity index is 1.60. The minimum atomic E-state index is -0.901. The molecule has 2 aliphatic rings. The fourth-order valence-electron chi connectivity index (χ4n) is 3.44. The monoisotopic (exact) mass is 404 g/mol. The predicted molar refractivity (Wildman–Crippen MR) is 99.6 cm³/mol. The summed E-state index contributed by atoms with van der Waals surface area (Å²) < 4.78 is 5.40. The second-order valence-corrected chi connectivity index (χ2v) is 7.22. The van der Waals surface area contributed by atoms with Gasteiger partial charge in [-0.25, -0.2) is 4.79 Å². The van der Waals surface area contributed by atoms with Crippen molar-refractivity contribution < 1.29 is 19.1 Å². The molecule has 0 radical (unpaired) electrons. The molecule has 2 aromatic carbocycles. The van der Waals surface area contributed by atoms with Crippen molar-refractivity contribution in [2.24, 2.45) is 0 Å². The van der Waals surface area contributed by atoms with Gasteiger partial charge in [-0.05, 0) is 30.7 Å². The van der Waals surface area contributed by atoms with Crippen molar-refractivity contribution in [2.45, 2.75) is 25.1 Å². The van der Waals surface area contributed by atoms with Crippen LogP contribution < -0.4 is 5.32 Å². The number of hydrogen-bond acceptors (Lipinski definition) is 4. The van der Waals surface area contributed by atoms with Gasteiger partial charge in [-0.15, -0.1) is 0 Å². The molecule has 27 heavy (non-hydrogen) atoms. The van der Waals surface area contributed by atoms with E-state index < -0.39 is 18.2 Å². The predicted octanol–water partition coefficient (Wildman–Crippen LogP) is 3.79. The van der Waals surface area contributed by atoms with E-state index in [1.54, 1.807) is 42.5 Å². The number of likely N-dealkylation sites (tertiary alicyclic amines) is 1. The van der Waals surface area contributed by atoms with Crippen LogP contribution in [0.25, 0.3) is 0 Å². The zero-order valence-corrected chi connectivity index (χ0v) is 15.5. The van der Waals surface area contributed by atoms with Crippen molar-refractivity contribution in [1.29, 1.82) is 0 Å². The maximum absolute atomic E-state index is 12.8. The maximum atomic E-state index is 12.8. The number of hydrogen-bond donors (Lipinski definition) is 1. The minimum absolute atomic E-state index is 0.199. The van der Waals surface area contributed by atoms with E-state index in [1.165, 1.54) is 4.90 Å². The van der Waals surface area contributed by atoms with Crippen molar-refractivity contribution in [3.8, 4) is 0 Å². The SMILES string of the molecule is O=C1O[C@@H](N2C(=O)CC[C@H]2C(=O)Nc2cc(Cl)cc(Cl)c2)c2ccccc21. The van der Waals surface area contributed by atoms with Gasteiger partial charge in [0.05, 0.1) is 5.56 Å². The number of cyclic esters (lactones) is 1. The number of carbonyl (C=O) groups is 3. The van der Waals surface area contributed by atoms with E-state index in [2.05, 4.69) is 5.32 Å². The number of fused-ring (bicyclic) bond motifs is 1. The number of benzene rings is 2. The van der Waals surface area contributed by atoms with Gasteiger partial charge in [0.1, 0.15) is 6.04 Å². The van der Waals surface area contributed by atoms with Gasteiger partial charge in [-0.3, -0.25) is 14.5 Å². The Labute approximate surface area is 165 Å². The van der Waals surface area contributed by atoms with Gasteiger partial charge < -0.3 is 10.1 Å². The van der Waals surface area contributed by atoms with Crippen LogP contribution in [0.3, 0.4) is 0 Å². The molecule has 4 rings (SSSR count). The Morgan fingerprint density at radius 3 is 2.56 bits per heavy atom. The number of nitrogens with zero attached hydrogens (tertiary/aromatic N) is 1. The number of esters is 1. The molecule has 0 aromatic heterocycles. The van der Waals surface area contributed by atoms with E-state index >= 15 is 0 Å². The van der Waals surface area contributed by atoms with E-state index in [-0.39, 0.29) is 18.2 Å². The van der Waals surface area contributed by atoms with Gasteiger partial charge in [0, 0.05) is 27.7 Å². The lowest BCUT2D eigenvalue weighted by Gasteiger charge is -2.29. The number of rotatable bonds is 3. The molecular formula is C19H14Cl2N2O4. The summed E-state index contributed by atoms with van der Waals surface area (Å²) >= 11 is 11.9. The lowest BCUT2D eigenvalue weighted by Crippen LogP contribution is -2.43. The maximum Gasteiger partial charge on any atom is 0.340 e. The standard InChI is InChI=1S/C19H14Cl2N2O4/c20-10-7-11(21)9-12(8-10)22-17(25)15-5-6-16(24)23(15)18-13-3-1-2-4-14(13)19(26)27-18/h1-4,7-9,15,18H,5-6H2,(H,22,25)/t15-,18+/m0/s1. The molecule has 0 saturated carbocycles. The molecule has 0 aliphatic carbocycles. The van der Waals surface area contributed by atoms with Crippen molar-refractivity contribution >= 4 is 46.7 Å². The molecule has 1 N–H and O–H groups in total. The Bertz CT molecular complexity index is 942. The normalized spacial score (nSPS) is 21.2. The molecule has 0 bridgehead atoms. The smallest absolute Gasteiger partial charge is 0.340 e. The highest BCUT2D eigenvalue weighted by Crippen LogP contribution is 2.38. The van der Waals surface area contributed by atoms with Gasteiger partial charge >= 0.3 is 5.97 Å². The lowest BCUT2D eigenvalue weighted by molar-refractivity contribution is -0.144. The van der Waals surface area contributed by atoms with Gasteiger partial charge in [-0.2, -0.15) is 0 Å². The van der Waals surface area contributed by atoms with Crippen LogP contribution in [-0.4, -0.2) is 28.7 Å². The van der Waals surface area contributed by atoms with Gasteiger partial charge in [0.25, 0.3) is 0 Å². The summed E-state index contributed by atoms with van der Waals surface area (Å²) in [5, 5.41) is 3.50. The zero-order valence-electron chi connectivity index (χ0n) is 13.9. The summed E-state index contributed by atoms with van der Waals surface area (Å²) in [7, 11) is 0. The van der Waals surface area contributed by atoms with Crippen molar-refractivity contribution in [2.75, 3.05) is 5.32 Å². The van der Waals surface area contributed by atoms with E-state index in [9.17, 15) is 14.4 Å². The number of nitrogens with one attached hydrogen (secondary N) is 1. The molecule has 2 atom stereocenters. The van der Waals surface area contributed by atoms with E-state index in [0.717, 1.165) is 0 Å². The second kappa shape index (κ2) is 6.87. The Hall–Kier alpha value is -2.57. The number of amides is 2. The summed E-state index contributed by atoms with van der Waals surface area (Å²) in [6.45, 7) is 0. The van der Waals surface area contributed by atoms with E-state index in [1.807, 2.05) is 0 Å². The number of anilines is 1. The van der Waals surface area contributed by atoms with Crippen LogP contribution in [0.15, 0.2) is 42.5 Å². The van der Waals surface area contributed by atoms with Crippen molar-refractivity contribution in [3.05, 3.63) is 63.6 Å². The molecule has 8 heteroatoms. The van der Waals surface area contributed by atoms with Crippen LogP contribution in [0.4, 0.5) is 5.69 Å². The van der Waals surface area contributed by atoms with E-state index in [4.69, 9.17) is 27.9 Å². The fourth-order valence-corrected chi connectivity index (χ4v) is 3.96. The third-order valence-electron chi connectivity index (χ3n) is 4.61. The van der Waals surface area contributed by atoms with E-state index in [0.29, 0.717) is 33.3 Å². The van der Waals surface area contributed by atoms with Crippen LogP contribution in [0, 0.1) is 0 Å².